The van der Waals surface area contributed by atoms with Gasteiger partial charge < -0.3 is 10.2 Å². The van der Waals surface area contributed by atoms with Crippen LogP contribution in [0, 0.1) is 0 Å². The maximum absolute atomic E-state index is 3.12. The van der Waals surface area contributed by atoms with Crippen molar-refractivity contribution in [2.24, 2.45) is 0 Å². The topological polar surface area (TPSA) is 15.3 Å². The quantitative estimate of drug-likeness (QED) is 0.733. The van der Waals surface area contributed by atoms with E-state index in [1.165, 1.54) is 12.3 Å². The van der Waals surface area contributed by atoms with Crippen LogP contribution in [0.4, 0.5) is 0 Å². The monoisotopic (exact) mass is 274 g/mol. The second-order valence-electron chi connectivity index (χ2n) is 2.22. The molecule has 10 heavy (non-hydrogen) atoms. The van der Waals surface area contributed by atoms with Crippen LogP contribution in [0.1, 0.15) is 0 Å². The third kappa shape index (κ3) is 7.11. The first-order valence-corrected chi connectivity index (χ1v) is 6.90. The summed E-state index contributed by atoms with van der Waals surface area (Å²) in [5, 5.41) is 3.12. The molecule has 0 aliphatic heterocycles. The van der Waals surface area contributed by atoms with Crippen LogP contribution in [-0.4, -0.2) is 44.4 Å². The minimum absolute atomic E-state index is 1.09. The zero-order chi connectivity index (χ0) is 7.82. The summed E-state index contributed by atoms with van der Waals surface area (Å²) >= 11 is 2.33. The highest BCUT2D eigenvalue weighted by Crippen LogP contribution is 2.09. The molecule has 0 unspecified atom stereocenters. The van der Waals surface area contributed by atoms with Crippen LogP contribution >= 0.6 is 30.1 Å². The van der Waals surface area contributed by atoms with Gasteiger partial charge in [-0.1, -0.05) is 8.93 Å². The fourth-order valence-electron chi connectivity index (χ4n) is 0.605. The summed E-state index contributed by atoms with van der Waals surface area (Å²) in [6.07, 6.45) is 0. The van der Waals surface area contributed by atoms with Gasteiger partial charge in [0.1, 0.15) is 0 Å². The number of nitrogens with zero attached hydrogens (tertiary/aromatic N) is 1. The Bertz CT molecular complexity index is 64.8. The Labute approximate surface area is 79.7 Å². The summed E-state index contributed by atoms with van der Waals surface area (Å²) in [5.41, 5.74) is 0. The van der Waals surface area contributed by atoms with Crippen LogP contribution < -0.4 is 5.32 Å². The van der Waals surface area contributed by atoms with Gasteiger partial charge in [0.05, 0.1) is 0 Å². The van der Waals surface area contributed by atoms with Crippen LogP contribution in [0.3, 0.4) is 0 Å². The van der Waals surface area contributed by atoms with Crippen LogP contribution in [0.2, 0.25) is 0 Å². The Kier molecular flexibility index (Phi) is 8.91. The molecular formula is C6H15IN2S. The van der Waals surface area contributed by atoms with E-state index >= 15 is 0 Å². The smallest absolute Gasteiger partial charge is 0.0161 e. The van der Waals surface area contributed by atoms with Gasteiger partial charge in [-0.05, 0) is 35.3 Å². The molecule has 0 aromatic heterocycles. The van der Waals surface area contributed by atoms with Crippen molar-refractivity contribution in [3.05, 3.63) is 0 Å². The van der Waals surface area contributed by atoms with E-state index < -0.39 is 0 Å². The summed E-state index contributed by atoms with van der Waals surface area (Å²) in [4.78, 5) is 2.34. The van der Waals surface area contributed by atoms with E-state index in [2.05, 4.69) is 38.5 Å². The third-order valence-corrected chi connectivity index (χ3v) is 2.95. The SMILES string of the molecule is CNCCN(C)CCSI. The molecule has 1 N–H and O–H groups in total. The lowest BCUT2D eigenvalue weighted by molar-refractivity contribution is 0.357. The Hall–Kier alpha value is 1.00. The van der Waals surface area contributed by atoms with Crippen molar-refractivity contribution in [2.45, 2.75) is 0 Å². The minimum atomic E-state index is 1.09. The lowest BCUT2D eigenvalue weighted by Crippen LogP contribution is -2.28. The number of hydrogen-bond acceptors (Lipinski definition) is 3. The van der Waals surface area contributed by atoms with Crippen molar-refractivity contribution >= 4 is 30.1 Å². The first kappa shape index (κ1) is 11.0. The molecule has 4 heteroatoms. The fraction of sp³-hybridized carbons (Fsp3) is 1.00. The number of nitrogens with one attached hydrogen (secondary N) is 1. The Morgan fingerprint density at radius 1 is 1.50 bits per heavy atom. The molecule has 0 aromatic carbocycles. The molecule has 0 radical (unpaired) electrons. The molecule has 0 saturated carbocycles. The van der Waals surface area contributed by atoms with Gasteiger partial charge in [0, 0.05) is 25.4 Å². The minimum Gasteiger partial charge on any atom is -0.318 e. The van der Waals surface area contributed by atoms with Crippen LogP contribution in [0.25, 0.3) is 0 Å². The molecule has 0 aliphatic rings. The fourth-order valence-corrected chi connectivity index (χ4v) is 1.58. The summed E-state index contributed by atoms with van der Waals surface area (Å²) in [6, 6.07) is 0. The molecule has 2 nitrogen and oxygen atoms in total. The van der Waals surface area contributed by atoms with E-state index in [-0.39, 0.29) is 0 Å². The average molecular weight is 274 g/mol. The Morgan fingerprint density at radius 2 is 2.20 bits per heavy atom. The highest BCUT2D eigenvalue weighted by Gasteiger charge is 1.94. The second kappa shape index (κ2) is 8.10. The highest BCUT2D eigenvalue weighted by atomic mass is 127. The molecule has 0 saturated heterocycles. The first-order chi connectivity index (χ1) is 4.81. The van der Waals surface area contributed by atoms with Crippen molar-refractivity contribution in [2.75, 3.05) is 39.5 Å². The molecule has 0 atom stereocenters. The summed E-state index contributed by atoms with van der Waals surface area (Å²) in [6.45, 7) is 3.42. The van der Waals surface area contributed by atoms with Gasteiger partial charge in [0.25, 0.3) is 0 Å². The summed E-state index contributed by atoms with van der Waals surface area (Å²) in [7, 11) is 6.02. The van der Waals surface area contributed by atoms with Gasteiger partial charge in [0.15, 0.2) is 0 Å². The van der Waals surface area contributed by atoms with Gasteiger partial charge in [0.2, 0.25) is 0 Å². The zero-order valence-electron chi connectivity index (χ0n) is 6.56. The number of rotatable bonds is 6. The molecule has 0 amide bonds. The van der Waals surface area contributed by atoms with Crippen molar-refractivity contribution in [1.82, 2.24) is 10.2 Å². The first-order valence-electron chi connectivity index (χ1n) is 3.38. The van der Waals surface area contributed by atoms with Crippen molar-refractivity contribution in [3.8, 4) is 0 Å². The molecule has 0 aromatic rings. The number of halogens is 1. The van der Waals surface area contributed by atoms with Crippen molar-refractivity contribution < 1.29 is 0 Å². The zero-order valence-corrected chi connectivity index (χ0v) is 9.54. The molecule has 0 rings (SSSR count). The van der Waals surface area contributed by atoms with Crippen LogP contribution in [0.5, 0.6) is 0 Å². The maximum Gasteiger partial charge on any atom is 0.0161 e. The second-order valence-corrected chi connectivity index (χ2v) is 4.71. The van der Waals surface area contributed by atoms with Crippen molar-refractivity contribution in [1.29, 1.82) is 0 Å². The van der Waals surface area contributed by atoms with E-state index in [1.807, 2.05) is 16.0 Å². The normalized spacial score (nSPS) is 10.8. The number of hydrogen-bond donors (Lipinski definition) is 1. The van der Waals surface area contributed by atoms with E-state index in [0.717, 1.165) is 13.1 Å². The van der Waals surface area contributed by atoms with Gasteiger partial charge in [-0.3, -0.25) is 0 Å². The van der Waals surface area contributed by atoms with Gasteiger partial charge in [-0.15, -0.1) is 0 Å². The van der Waals surface area contributed by atoms with E-state index in [9.17, 15) is 0 Å². The van der Waals surface area contributed by atoms with Gasteiger partial charge in [-0.25, -0.2) is 0 Å². The molecule has 0 spiro atoms. The molecular weight excluding hydrogens is 259 g/mol. The van der Waals surface area contributed by atoms with E-state index in [0.29, 0.717) is 0 Å². The number of likely N-dealkylation sites (N-methyl/N-ethyl adjacent to an activating group) is 2. The molecule has 0 heterocycles. The Balaban J connectivity index is 3.00. The van der Waals surface area contributed by atoms with Crippen LogP contribution in [-0.2, 0) is 0 Å². The van der Waals surface area contributed by atoms with Gasteiger partial charge in [-0.2, -0.15) is 0 Å². The summed E-state index contributed by atoms with van der Waals surface area (Å²) < 4.78 is 0. The molecule has 0 aliphatic carbocycles. The predicted molar refractivity (Wildman–Crippen MR) is 57.9 cm³/mol. The van der Waals surface area contributed by atoms with Gasteiger partial charge >= 0.3 is 0 Å². The maximum atomic E-state index is 3.12. The van der Waals surface area contributed by atoms with E-state index in [1.54, 1.807) is 0 Å². The van der Waals surface area contributed by atoms with Crippen molar-refractivity contribution in [3.63, 3.8) is 0 Å². The molecule has 0 bridgehead atoms. The average Bonchev–Trinajstić information content (AvgIpc) is 1.97. The van der Waals surface area contributed by atoms with Crippen LogP contribution in [0.15, 0.2) is 0 Å². The largest absolute Gasteiger partial charge is 0.318 e. The van der Waals surface area contributed by atoms with E-state index in [4.69, 9.17) is 0 Å². The standard InChI is InChI=1S/C6H15IN2S/c1-8-3-4-9(2)5-6-10-7/h8H,3-6H2,1-2H3. The molecule has 62 valence electrons. The lowest BCUT2D eigenvalue weighted by atomic mass is 10.5. The Morgan fingerprint density at radius 3 is 2.70 bits per heavy atom. The third-order valence-electron chi connectivity index (χ3n) is 1.29. The predicted octanol–water partition coefficient (Wildman–Crippen LogP) is 1.22. The lowest BCUT2D eigenvalue weighted by Gasteiger charge is -2.14. The molecule has 0 fully saturated rings. The summed E-state index contributed by atoms with van der Waals surface area (Å²) in [5.74, 6) is 1.22. The highest BCUT2D eigenvalue weighted by molar-refractivity contribution is 14.2.